The molecular weight excluding hydrogens is 410 g/mol. The summed E-state index contributed by atoms with van der Waals surface area (Å²) in [6, 6.07) is 9.54. The molecule has 6 nitrogen and oxygen atoms in total. The highest BCUT2D eigenvalue weighted by atomic mass is 32.1. The number of nitrogens with zero attached hydrogens (tertiary/aromatic N) is 2. The number of carbonyl (C=O) groups excluding carboxylic acids is 1. The van der Waals surface area contributed by atoms with Crippen molar-refractivity contribution < 1.29 is 14.3 Å². The van der Waals surface area contributed by atoms with Crippen LogP contribution in [-0.4, -0.2) is 29.2 Å². The van der Waals surface area contributed by atoms with Crippen molar-refractivity contribution in [3.63, 3.8) is 0 Å². The number of rotatable bonds is 10. The molecule has 31 heavy (non-hydrogen) atoms. The van der Waals surface area contributed by atoms with E-state index in [1.54, 1.807) is 18.3 Å². The zero-order valence-electron chi connectivity index (χ0n) is 18.1. The van der Waals surface area contributed by atoms with Gasteiger partial charge in [0.05, 0.1) is 6.61 Å². The van der Waals surface area contributed by atoms with E-state index >= 15 is 0 Å². The number of benzene rings is 1. The fourth-order valence-electron chi connectivity index (χ4n) is 3.17. The number of aromatic nitrogens is 2. The fourth-order valence-corrected chi connectivity index (χ4v) is 3.81. The van der Waals surface area contributed by atoms with Gasteiger partial charge in [-0.3, -0.25) is 0 Å². The number of hydrogen-bond acceptors (Lipinski definition) is 7. The number of carbonyl (C=O) groups is 1. The second-order valence-corrected chi connectivity index (χ2v) is 7.58. The Labute approximate surface area is 187 Å². The third-order valence-electron chi connectivity index (χ3n) is 4.65. The van der Waals surface area contributed by atoms with Gasteiger partial charge in [0.2, 0.25) is 0 Å². The van der Waals surface area contributed by atoms with Gasteiger partial charge >= 0.3 is 5.97 Å². The van der Waals surface area contributed by atoms with Crippen LogP contribution in [0.1, 0.15) is 36.8 Å². The molecule has 1 N–H and O–H groups in total. The summed E-state index contributed by atoms with van der Waals surface area (Å²) in [4.78, 5) is 21.7. The first-order valence-electron chi connectivity index (χ1n) is 10.2. The predicted molar refractivity (Wildman–Crippen MR) is 125 cm³/mol. The minimum absolute atomic E-state index is 0.313. The Morgan fingerprint density at radius 3 is 2.58 bits per heavy atom. The van der Waals surface area contributed by atoms with Crippen LogP contribution in [-0.2, 0) is 20.7 Å². The summed E-state index contributed by atoms with van der Waals surface area (Å²) in [6.45, 7) is 10.2. The molecule has 0 saturated carbocycles. The van der Waals surface area contributed by atoms with Crippen LogP contribution in [0, 0.1) is 6.92 Å². The molecule has 2 heterocycles. The number of aryl methyl sites for hydroxylation is 1. The minimum Gasteiger partial charge on any atom is -0.464 e. The highest BCUT2D eigenvalue weighted by Crippen LogP contribution is 2.28. The van der Waals surface area contributed by atoms with E-state index in [0.717, 1.165) is 33.9 Å². The second kappa shape index (κ2) is 10.8. The number of thiophene rings is 1. The Kier molecular flexibility index (Phi) is 7.92. The molecule has 0 spiro atoms. The van der Waals surface area contributed by atoms with Crippen LogP contribution in [0.4, 0.5) is 11.5 Å². The summed E-state index contributed by atoms with van der Waals surface area (Å²) in [5, 5.41) is 7.44. The maximum atomic E-state index is 12.2. The summed E-state index contributed by atoms with van der Waals surface area (Å²) < 4.78 is 10.7. The van der Waals surface area contributed by atoms with Crippen LogP contribution in [0.15, 0.2) is 53.7 Å². The molecule has 162 valence electrons. The molecular formula is C24H27N3O3S. The van der Waals surface area contributed by atoms with Crippen LogP contribution in [0.25, 0.3) is 11.4 Å². The first-order valence-corrected chi connectivity index (χ1v) is 11.2. The molecule has 2 aromatic heterocycles. The standard InChI is InChI=1S/C24H27N3O3S/c1-5-8-20-16(4)25-22(18-13-14-31-15-18)27-23(20)26-19-11-9-17(10-12-19)21(29-6-2)24(28)30-7-3/h5,9-15,21H,1,6-8H2,2-4H3,(H,25,26,27). The van der Waals surface area contributed by atoms with Crippen molar-refractivity contribution in [1.82, 2.24) is 9.97 Å². The van der Waals surface area contributed by atoms with E-state index < -0.39 is 6.10 Å². The average Bonchev–Trinajstić information content (AvgIpc) is 3.30. The molecule has 0 fully saturated rings. The lowest BCUT2D eigenvalue weighted by Gasteiger charge is -2.17. The number of anilines is 2. The fraction of sp³-hybridized carbons (Fsp3) is 0.292. The van der Waals surface area contributed by atoms with Crippen molar-refractivity contribution in [2.45, 2.75) is 33.3 Å². The molecule has 7 heteroatoms. The van der Waals surface area contributed by atoms with Crippen molar-refractivity contribution in [3.05, 3.63) is 70.6 Å². The third-order valence-corrected chi connectivity index (χ3v) is 5.34. The lowest BCUT2D eigenvalue weighted by atomic mass is 10.1. The second-order valence-electron chi connectivity index (χ2n) is 6.80. The van der Waals surface area contributed by atoms with E-state index in [0.29, 0.717) is 25.5 Å². The Morgan fingerprint density at radius 1 is 1.19 bits per heavy atom. The Morgan fingerprint density at radius 2 is 1.97 bits per heavy atom. The van der Waals surface area contributed by atoms with E-state index in [1.165, 1.54) is 0 Å². The van der Waals surface area contributed by atoms with E-state index in [2.05, 4.69) is 16.9 Å². The molecule has 3 rings (SSSR count). The van der Waals surface area contributed by atoms with Crippen molar-refractivity contribution in [1.29, 1.82) is 0 Å². The van der Waals surface area contributed by atoms with Crippen LogP contribution in [0.5, 0.6) is 0 Å². The molecule has 0 saturated heterocycles. The zero-order chi connectivity index (χ0) is 22.2. The van der Waals surface area contributed by atoms with Crippen LogP contribution in [0.3, 0.4) is 0 Å². The van der Waals surface area contributed by atoms with Gasteiger partial charge in [0.1, 0.15) is 5.82 Å². The molecule has 0 aliphatic rings. The van der Waals surface area contributed by atoms with Crippen molar-refractivity contribution in [2.75, 3.05) is 18.5 Å². The smallest absolute Gasteiger partial charge is 0.339 e. The molecule has 3 aromatic rings. The summed E-state index contributed by atoms with van der Waals surface area (Å²) in [6.07, 6.45) is 1.77. The average molecular weight is 438 g/mol. The number of allylic oxidation sites excluding steroid dienone is 1. The van der Waals surface area contributed by atoms with E-state index in [9.17, 15) is 4.79 Å². The molecule has 0 amide bonds. The lowest BCUT2D eigenvalue weighted by molar-refractivity contribution is -0.157. The maximum absolute atomic E-state index is 12.2. The van der Waals surface area contributed by atoms with Gasteiger partial charge in [-0.15, -0.1) is 6.58 Å². The summed E-state index contributed by atoms with van der Waals surface area (Å²) >= 11 is 1.61. The van der Waals surface area contributed by atoms with Crippen molar-refractivity contribution in [2.24, 2.45) is 0 Å². The number of hydrogen-bond donors (Lipinski definition) is 1. The summed E-state index contributed by atoms with van der Waals surface area (Å²) in [7, 11) is 0. The maximum Gasteiger partial charge on any atom is 0.339 e. The topological polar surface area (TPSA) is 73.3 Å². The first-order chi connectivity index (χ1) is 15.1. The normalized spacial score (nSPS) is 11.7. The van der Waals surface area contributed by atoms with Gasteiger partial charge in [0.25, 0.3) is 0 Å². The van der Waals surface area contributed by atoms with Crippen LogP contribution < -0.4 is 5.32 Å². The monoisotopic (exact) mass is 437 g/mol. The minimum atomic E-state index is -0.734. The molecule has 1 atom stereocenters. The number of esters is 1. The van der Waals surface area contributed by atoms with Crippen molar-refractivity contribution >= 4 is 28.8 Å². The predicted octanol–water partition coefficient (Wildman–Crippen LogP) is 5.63. The molecule has 1 unspecified atom stereocenters. The van der Waals surface area contributed by atoms with E-state index in [1.807, 2.05) is 61.0 Å². The molecule has 0 bridgehead atoms. The summed E-state index contributed by atoms with van der Waals surface area (Å²) in [5.74, 6) is 1.04. The van der Waals surface area contributed by atoms with Gasteiger partial charge in [0.15, 0.2) is 11.9 Å². The lowest BCUT2D eigenvalue weighted by Crippen LogP contribution is -2.19. The molecule has 0 radical (unpaired) electrons. The highest BCUT2D eigenvalue weighted by Gasteiger charge is 2.22. The third kappa shape index (κ3) is 5.57. The van der Waals surface area contributed by atoms with E-state index in [-0.39, 0.29) is 5.97 Å². The van der Waals surface area contributed by atoms with Gasteiger partial charge in [-0.05, 0) is 56.3 Å². The first kappa shape index (κ1) is 22.7. The Balaban J connectivity index is 1.89. The highest BCUT2D eigenvalue weighted by molar-refractivity contribution is 7.08. The van der Waals surface area contributed by atoms with Crippen LogP contribution >= 0.6 is 11.3 Å². The van der Waals surface area contributed by atoms with Gasteiger partial charge in [-0.2, -0.15) is 11.3 Å². The number of nitrogens with one attached hydrogen (secondary N) is 1. The van der Waals surface area contributed by atoms with Gasteiger partial charge in [0, 0.05) is 34.5 Å². The molecule has 0 aliphatic heterocycles. The van der Waals surface area contributed by atoms with Crippen LogP contribution in [0.2, 0.25) is 0 Å². The van der Waals surface area contributed by atoms with Gasteiger partial charge in [-0.25, -0.2) is 14.8 Å². The Bertz CT molecular complexity index is 1020. The number of ether oxygens (including phenoxy) is 2. The zero-order valence-corrected chi connectivity index (χ0v) is 18.9. The van der Waals surface area contributed by atoms with Crippen molar-refractivity contribution in [3.8, 4) is 11.4 Å². The van der Waals surface area contributed by atoms with E-state index in [4.69, 9.17) is 14.5 Å². The van der Waals surface area contributed by atoms with Gasteiger partial charge < -0.3 is 14.8 Å². The van der Waals surface area contributed by atoms with Gasteiger partial charge in [-0.1, -0.05) is 18.2 Å². The SMILES string of the molecule is C=CCc1c(C)nc(-c2ccsc2)nc1Nc1ccc(C(OCC)C(=O)OCC)cc1. The largest absolute Gasteiger partial charge is 0.464 e. The Hall–Kier alpha value is -3.03. The summed E-state index contributed by atoms with van der Waals surface area (Å²) in [5.41, 5.74) is 4.49. The molecule has 0 aliphatic carbocycles. The quantitative estimate of drug-likeness (QED) is 0.327. The molecule has 1 aromatic carbocycles.